The van der Waals surface area contributed by atoms with Crippen molar-refractivity contribution in [1.82, 2.24) is 4.90 Å². The van der Waals surface area contributed by atoms with Crippen molar-refractivity contribution in [2.75, 3.05) is 7.05 Å². The van der Waals surface area contributed by atoms with Gasteiger partial charge in [0.1, 0.15) is 6.10 Å². The highest BCUT2D eigenvalue weighted by Crippen LogP contribution is 2.35. The van der Waals surface area contributed by atoms with Crippen molar-refractivity contribution in [2.45, 2.75) is 89.5 Å². The number of piperidine rings is 1. The van der Waals surface area contributed by atoms with Crippen LogP contribution in [-0.2, 0) is 14.3 Å². The number of carbonyl (C=O) groups excluding carboxylic acids is 1. The van der Waals surface area contributed by atoms with Crippen LogP contribution in [0.3, 0.4) is 0 Å². The fraction of sp³-hybridized carbons (Fsp3) is 0.667. The molecule has 2 saturated heterocycles. The van der Waals surface area contributed by atoms with Gasteiger partial charge in [0.05, 0.1) is 5.92 Å². The summed E-state index contributed by atoms with van der Waals surface area (Å²) in [6.07, 6.45) is 6.52. The van der Waals surface area contributed by atoms with E-state index in [0.29, 0.717) is 17.6 Å². The second kappa shape index (κ2) is 12.1. The Bertz CT molecular complexity index is 645. The van der Waals surface area contributed by atoms with Gasteiger partial charge >= 0.3 is 11.9 Å². The number of aliphatic hydroxyl groups is 1. The van der Waals surface area contributed by atoms with E-state index in [1.54, 1.807) is 12.1 Å². The van der Waals surface area contributed by atoms with Crippen LogP contribution in [0.5, 0.6) is 0 Å². The van der Waals surface area contributed by atoms with Gasteiger partial charge in [-0.1, -0.05) is 57.0 Å². The second-order valence-corrected chi connectivity index (χ2v) is 8.51. The van der Waals surface area contributed by atoms with Crippen LogP contribution in [0.25, 0.3) is 0 Å². The molecule has 168 valence electrons. The van der Waals surface area contributed by atoms with Crippen molar-refractivity contribution >= 4 is 11.9 Å². The summed E-state index contributed by atoms with van der Waals surface area (Å²) in [7, 11) is 2.15. The van der Waals surface area contributed by atoms with Gasteiger partial charge < -0.3 is 19.8 Å². The predicted molar refractivity (Wildman–Crippen MR) is 116 cm³/mol. The summed E-state index contributed by atoms with van der Waals surface area (Å²) in [6.45, 7) is 4.04. The number of aliphatic carboxylic acids is 1. The summed E-state index contributed by atoms with van der Waals surface area (Å²) in [4.78, 5) is 24.9. The second-order valence-electron chi connectivity index (χ2n) is 8.51. The summed E-state index contributed by atoms with van der Waals surface area (Å²) in [6, 6.07) is 10.0. The molecule has 0 saturated carbocycles. The van der Waals surface area contributed by atoms with Crippen molar-refractivity contribution in [3.8, 4) is 0 Å². The highest BCUT2D eigenvalue weighted by molar-refractivity contribution is 5.76. The van der Waals surface area contributed by atoms with Crippen LogP contribution in [0, 0.1) is 5.92 Å². The molecule has 0 radical (unpaired) electrons. The number of benzene rings is 1. The molecule has 0 aliphatic carbocycles. The molecule has 3 rings (SSSR count). The van der Waals surface area contributed by atoms with E-state index in [0.717, 1.165) is 38.5 Å². The molecule has 4 atom stereocenters. The van der Waals surface area contributed by atoms with E-state index >= 15 is 0 Å². The molecule has 0 aromatic heterocycles. The zero-order valence-corrected chi connectivity index (χ0v) is 18.5. The van der Waals surface area contributed by atoms with Gasteiger partial charge in [0.25, 0.3) is 0 Å². The van der Waals surface area contributed by atoms with Gasteiger partial charge in [-0.3, -0.25) is 4.79 Å². The number of nitrogens with zero attached hydrogens (tertiary/aromatic N) is 1. The zero-order chi connectivity index (χ0) is 22.1. The van der Waals surface area contributed by atoms with E-state index in [1.165, 1.54) is 12.8 Å². The lowest BCUT2D eigenvalue weighted by Crippen LogP contribution is -2.43. The van der Waals surface area contributed by atoms with Gasteiger partial charge in [-0.2, -0.15) is 0 Å². The van der Waals surface area contributed by atoms with E-state index in [2.05, 4.69) is 11.9 Å². The molecule has 0 amide bonds. The molecule has 2 bridgehead atoms. The van der Waals surface area contributed by atoms with Crippen LogP contribution >= 0.6 is 0 Å². The highest BCUT2D eigenvalue weighted by Gasteiger charge is 2.40. The predicted octanol–water partition coefficient (Wildman–Crippen LogP) is 4.18. The number of hydrogen-bond donors (Lipinski definition) is 2. The van der Waals surface area contributed by atoms with Crippen molar-refractivity contribution < 1.29 is 24.5 Å². The molecule has 1 aromatic rings. The van der Waals surface area contributed by atoms with Gasteiger partial charge in [0.15, 0.2) is 6.10 Å². The van der Waals surface area contributed by atoms with Crippen molar-refractivity contribution in [2.24, 2.45) is 5.92 Å². The van der Waals surface area contributed by atoms with Crippen LogP contribution in [0.4, 0.5) is 0 Å². The molecule has 6 nitrogen and oxygen atoms in total. The van der Waals surface area contributed by atoms with Gasteiger partial charge in [0, 0.05) is 12.1 Å². The highest BCUT2D eigenvalue weighted by atomic mass is 16.6. The SMILES string of the molecule is CCCC(CCC)C(=O)O.CN1[C@@H]2CC[C@H]1CC(OC(=O)C(O)c1ccccc1)C2. The van der Waals surface area contributed by atoms with Gasteiger partial charge in [0.2, 0.25) is 0 Å². The topological polar surface area (TPSA) is 87.1 Å². The number of fused-ring (bicyclic) bond motifs is 2. The van der Waals surface area contributed by atoms with Crippen LogP contribution in [0.15, 0.2) is 30.3 Å². The maximum atomic E-state index is 12.0. The normalized spacial score (nSPS) is 24.1. The van der Waals surface area contributed by atoms with Crippen molar-refractivity contribution in [3.05, 3.63) is 35.9 Å². The summed E-state index contributed by atoms with van der Waals surface area (Å²) in [5.41, 5.74) is 0.591. The smallest absolute Gasteiger partial charge is 0.339 e. The molecule has 2 N–H and O–H groups in total. The number of ether oxygens (including phenoxy) is 1. The van der Waals surface area contributed by atoms with Gasteiger partial charge in [-0.25, -0.2) is 4.79 Å². The molecule has 30 heavy (non-hydrogen) atoms. The third-order valence-electron chi connectivity index (χ3n) is 6.30. The van der Waals surface area contributed by atoms with E-state index in [-0.39, 0.29) is 12.0 Å². The lowest BCUT2D eigenvalue weighted by molar-refractivity contribution is -0.162. The average molecular weight is 420 g/mol. The van der Waals surface area contributed by atoms with Gasteiger partial charge in [-0.05, 0) is 51.1 Å². The first kappa shape index (κ1) is 24.4. The fourth-order valence-corrected chi connectivity index (χ4v) is 4.55. The molecule has 2 aliphatic rings. The molecule has 2 fully saturated rings. The number of esters is 1. The Hall–Kier alpha value is -1.92. The Labute approximate surface area is 180 Å². The fourth-order valence-electron chi connectivity index (χ4n) is 4.55. The van der Waals surface area contributed by atoms with E-state index in [4.69, 9.17) is 9.84 Å². The summed E-state index contributed by atoms with van der Waals surface area (Å²) in [5, 5.41) is 18.7. The first-order valence-corrected chi connectivity index (χ1v) is 11.3. The summed E-state index contributed by atoms with van der Waals surface area (Å²) in [5.74, 6) is -1.26. The number of aliphatic hydroxyl groups excluding tert-OH is 1. The summed E-state index contributed by atoms with van der Waals surface area (Å²) >= 11 is 0. The Balaban J connectivity index is 0.000000274. The number of carboxylic acid groups (broad SMARTS) is 1. The minimum Gasteiger partial charge on any atom is -0.481 e. The van der Waals surface area contributed by atoms with Crippen LogP contribution in [0.2, 0.25) is 0 Å². The Kier molecular flexibility index (Phi) is 9.79. The first-order chi connectivity index (χ1) is 14.4. The number of rotatable bonds is 8. The Morgan fingerprint density at radius 1 is 1.07 bits per heavy atom. The molecule has 0 spiro atoms. The minimum absolute atomic E-state index is 0.0467. The first-order valence-electron chi connectivity index (χ1n) is 11.3. The largest absolute Gasteiger partial charge is 0.481 e. The van der Waals surface area contributed by atoms with Crippen LogP contribution in [0.1, 0.15) is 76.9 Å². The monoisotopic (exact) mass is 419 g/mol. The summed E-state index contributed by atoms with van der Waals surface area (Å²) < 4.78 is 5.52. The Morgan fingerprint density at radius 3 is 2.07 bits per heavy atom. The lowest BCUT2D eigenvalue weighted by Gasteiger charge is -2.36. The zero-order valence-electron chi connectivity index (χ0n) is 18.5. The quantitative estimate of drug-likeness (QED) is 0.615. The number of hydrogen-bond acceptors (Lipinski definition) is 5. The molecular formula is C24H37NO5. The standard InChI is InChI=1S/C16H21NO3.C8H16O2/c1-17-12-7-8-13(17)10-14(9-12)20-16(19)15(18)11-5-3-2-4-6-11;1-3-5-7(6-4-2)8(9)10/h2-6,12-15,18H,7-10H2,1H3;7H,3-6H2,1-2H3,(H,9,10)/t12-,13+,14?,15?;. The Morgan fingerprint density at radius 2 is 1.60 bits per heavy atom. The third-order valence-corrected chi connectivity index (χ3v) is 6.30. The lowest BCUT2D eigenvalue weighted by atomic mass is 9.99. The average Bonchev–Trinajstić information content (AvgIpc) is 2.94. The molecule has 2 aliphatic heterocycles. The molecule has 2 heterocycles. The van der Waals surface area contributed by atoms with Crippen molar-refractivity contribution in [1.29, 1.82) is 0 Å². The molecule has 6 heteroatoms. The number of carboxylic acids is 1. The van der Waals surface area contributed by atoms with Crippen LogP contribution in [-0.4, -0.2) is 52.3 Å². The molecular weight excluding hydrogens is 382 g/mol. The molecule has 2 unspecified atom stereocenters. The van der Waals surface area contributed by atoms with E-state index in [1.807, 2.05) is 32.0 Å². The molecule has 1 aromatic carbocycles. The van der Waals surface area contributed by atoms with Gasteiger partial charge in [-0.15, -0.1) is 0 Å². The minimum atomic E-state index is -1.17. The van der Waals surface area contributed by atoms with Crippen LogP contribution < -0.4 is 0 Å². The van der Waals surface area contributed by atoms with E-state index in [9.17, 15) is 14.7 Å². The maximum absolute atomic E-state index is 12.0. The van der Waals surface area contributed by atoms with E-state index < -0.39 is 18.0 Å². The van der Waals surface area contributed by atoms with Crippen molar-refractivity contribution in [3.63, 3.8) is 0 Å². The number of carbonyl (C=O) groups is 2. The maximum Gasteiger partial charge on any atom is 0.339 e. The third kappa shape index (κ3) is 6.81.